The van der Waals surface area contributed by atoms with Gasteiger partial charge in [-0.05, 0) is 30.7 Å². The highest BCUT2D eigenvalue weighted by Gasteiger charge is 2.12. The molecule has 0 N–H and O–H groups in total. The molecule has 5 nitrogen and oxygen atoms in total. The number of rotatable bonds is 2. The van der Waals surface area contributed by atoms with Crippen LogP contribution in [0.25, 0.3) is 17.3 Å². The van der Waals surface area contributed by atoms with E-state index in [4.69, 9.17) is 11.6 Å². The van der Waals surface area contributed by atoms with Gasteiger partial charge in [-0.1, -0.05) is 11.6 Å². The molecule has 3 rings (SSSR count). The van der Waals surface area contributed by atoms with Gasteiger partial charge in [0, 0.05) is 12.4 Å². The molecule has 20 heavy (non-hydrogen) atoms. The number of nitrogens with zero attached hydrogens (tertiary/aromatic N) is 5. The zero-order chi connectivity index (χ0) is 14.1. The molecular formula is C13H9ClFN5. The summed E-state index contributed by atoms with van der Waals surface area (Å²) in [5.41, 5.74) is 1.19. The predicted octanol–water partition coefficient (Wildman–Crippen LogP) is 2.83. The van der Waals surface area contributed by atoms with Gasteiger partial charge in [0.2, 0.25) is 11.2 Å². The second kappa shape index (κ2) is 4.97. The molecule has 0 atom stereocenters. The smallest absolute Gasteiger partial charge is 0.239 e. The van der Waals surface area contributed by atoms with Gasteiger partial charge >= 0.3 is 0 Å². The van der Waals surface area contributed by atoms with Crippen LogP contribution in [0.5, 0.6) is 0 Å². The van der Waals surface area contributed by atoms with Gasteiger partial charge in [0.05, 0.1) is 5.56 Å². The zero-order valence-corrected chi connectivity index (χ0v) is 11.2. The number of aryl methyl sites for hydroxylation is 1. The molecule has 0 spiro atoms. The first kappa shape index (κ1) is 12.7. The zero-order valence-electron chi connectivity index (χ0n) is 10.5. The summed E-state index contributed by atoms with van der Waals surface area (Å²) in [5, 5.41) is -0.000365. The Kier molecular flexibility index (Phi) is 3.15. The lowest BCUT2D eigenvalue weighted by Gasteiger charge is -2.06. The van der Waals surface area contributed by atoms with Crippen LogP contribution in [0.2, 0.25) is 5.28 Å². The van der Waals surface area contributed by atoms with E-state index in [0.29, 0.717) is 5.95 Å². The number of halogens is 2. The largest absolute Gasteiger partial charge is 0.274 e. The van der Waals surface area contributed by atoms with E-state index in [2.05, 4.69) is 19.9 Å². The fourth-order valence-electron chi connectivity index (χ4n) is 1.76. The Bertz CT molecular complexity index is 757. The average Bonchev–Trinajstić information content (AvgIpc) is 2.95. The van der Waals surface area contributed by atoms with Gasteiger partial charge < -0.3 is 0 Å². The number of imidazole rings is 1. The van der Waals surface area contributed by atoms with Gasteiger partial charge in [-0.15, -0.1) is 0 Å². The Balaban J connectivity index is 2.17. The van der Waals surface area contributed by atoms with Crippen LogP contribution in [0.1, 0.15) is 5.56 Å². The standard InChI is InChI=1S/C13H9ClFN5/c1-8-2-3-10(15)9(6-8)11-17-12(14)19-13(18-11)20-5-4-16-7-20/h2-7H,1H3. The van der Waals surface area contributed by atoms with Gasteiger partial charge in [-0.25, -0.2) is 9.37 Å². The quantitative estimate of drug-likeness (QED) is 0.728. The lowest BCUT2D eigenvalue weighted by molar-refractivity contribution is 0.629. The summed E-state index contributed by atoms with van der Waals surface area (Å²) in [5.74, 6) is 0.0720. The number of hydrogen-bond acceptors (Lipinski definition) is 4. The number of benzene rings is 1. The van der Waals surface area contributed by atoms with Gasteiger partial charge in [-0.3, -0.25) is 4.57 Å². The van der Waals surface area contributed by atoms with Crippen molar-refractivity contribution in [2.45, 2.75) is 6.92 Å². The molecule has 0 saturated carbocycles. The van der Waals surface area contributed by atoms with Crippen LogP contribution in [0.4, 0.5) is 4.39 Å². The summed E-state index contributed by atoms with van der Waals surface area (Å²) >= 11 is 5.89. The van der Waals surface area contributed by atoms with Crippen molar-refractivity contribution in [3.63, 3.8) is 0 Å². The molecule has 0 aliphatic heterocycles. The molecule has 7 heteroatoms. The summed E-state index contributed by atoms with van der Waals surface area (Å²) < 4.78 is 15.5. The molecule has 0 aliphatic carbocycles. The minimum atomic E-state index is -0.408. The van der Waals surface area contributed by atoms with E-state index in [0.717, 1.165) is 5.56 Å². The highest BCUT2D eigenvalue weighted by atomic mass is 35.5. The minimum Gasteiger partial charge on any atom is -0.274 e. The van der Waals surface area contributed by atoms with Gasteiger partial charge in [-0.2, -0.15) is 15.0 Å². The molecule has 2 aromatic heterocycles. The van der Waals surface area contributed by atoms with Crippen molar-refractivity contribution in [3.8, 4) is 17.3 Å². The van der Waals surface area contributed by atoms with E-state index < -0.39 is 5.82 Å². The van der Waals surface area contributed by atoms with E-state index >= 15 is 0 Å². The van der Waals surface area contributed by atoms with Crippen molar-refractivity contribution in [1.29, 1.82) is 0 Å². The number of hydrogen-bond donors (Lipinski definition) is 0. The summed E-state index contributed by atoms with van der Waals surface area (Å²) in [4.78, 5) is 16.1. The first-order valence-corrected chi connectivity index (χ1v) is 6.18. The van der Waals surface area contributed by atoms with E-state index in [9.17, 15) is 4.39 Å². The third kappa shape index (κ3) is 2.37. The van der Waals surface area contributed by atoms with E-state index in [1.807, 2.05) is 6.92 Å². The van der Waals surface area contributed by atoms with Crippen molar-refractivity contribution < 1.29 is 4.39 Å². The van der Waals surface area contributed by atoms with Crippen LogP contribution in [0.15, 0.2) is 36.9 Å². The van der Waals surface area contributed by atoms with Crippen molar-refractivity contribution in [3.05, 3.63) is 53.6 Å². The highest BCUT2D eigenvalue weighted by Crippen LogP contribution is 2.22. The predicted molar refractivity (Wildman–Crippen MR) is 72.1 cm³/mol. The first-order valence-electron chi connectivity index (χ1n) is 5.80. The second-order valence-electron chi connectivity index (χ2n) is 4.18. The monoisotopic (exact) mass is 289 g/mol. The third-order valence-electron chi connectivity index (χ3n) is 2.69. The molecule has 100 valence electrons. The van der Waals surface area contributed by atoms with Gasteiger partial charge in [0.25, 0.3) is 0 Å². The Morgan fingerprint density at radius 3 is 2.80 bits per heavy atom. The second-order valence-corrected chi connectivity index (χ2v) is 4.52. The molecule has 3 aromatic rings. The maximum atomic E-state index is 13.9. The molecule has 0 fully saturated rings. The lowest BCUT2D eigenvalue weighted by atomic mass is 10.1. The summed E-state index contributed by atoms with van der Waals surface area (Å²) in [6.45, 7) is 1.86. The van der Waals surface area contributed by atoms with Crippen LogP contribution in [-0.4, -0.2) is 24.5 Å². The molecule has 0 bridgehead atoms. The summed E-state index contributed by atoms with van der Waals surface area (Å²) in [6, 6.07) is 4.72. The van der Waals surface area contributed by atoms with Crippen molar-refractivity contribution in [2.75, 3.05) is 0 Å². The number of aromatic nitrogens is 5. The van der Waals surface area contributed by atoms with E-state index in [1.54, 1.807) is 29.1 Å². The Labute approximate surface area is 119 Å². The summed E-state index contributed by atoms with van der Waals surface area (Å²) in [7, 11) is 0. The normalized spacial score (nSPS) is 10.8. The van der Waals surface area contributed by atoms with Crippen molar-refractivity contribution in [1.82, 2.24) is 24.5 Å². The molecule has 1 aromatic carbocycles. The molecule has 0 unspecified atom stereocenters. The van der Waals surface area contributed by atoms with E-state index in [-0.39, 0.29) is 16.7 Å². The van der Waals surface area contributed by atoms with Crippen molar-refractivity contribution in [2.24, 2.45) is 0 Å². The van der Waals surface area contributed by atoms with Gasteiger partial charge in [0.1, 0.15) is 12.1 Å². The van der Waals surface area contributed by atoms with E-state index in [1.165, 1.54) is 12.4 Å². The third-order valence-corrected chi connectivity index (χ3v) is 2.86. The molecule has 2 heterocycles. The topological polar surface area (TPSA) is 56.5 Å². The van der Waals surface area contributed by atoms with Crippen molar-refractivity contribution >= 4 is 11.6 Å². The van der Waals surface area contributed by atoms with Crippen LogP contribution in [0.3, 0.4) is 0 Å². The van der Waals surface area contributed by atoms with Crippen LogP contribution < -0.4 is 0 Å². The highest BCUT2D eigenvalue weighted by molar-refractivity contribution is 6.28. The Hall–Kier alpha value is -2.34. The SMILES string of the molecule is Cc1ccc(F)c(-c2nc(Cl)nc(-n3ccnc3)n2)c1. The molecular weight excluding hydrogens is 281 g/mol. The van der Waals surface area contributed by atoms with Crippen LogP contribution in [0, 0.1) is 12.7 Å². The molecule has 0 saturated heterocycles. The lowest BCUT2D eigenvalue weighted by Crippen LogP contribution is -2.03. The Morgan fingerprint density at radius 2 is 2.05 bits per heavy atom. The molecule has 0 radical (unpaired) electrons. The van der Waals surface area contributed by atoms with Crippen LogP contribution in [-0.2, 0) is 0 Å². The minimum absolute atomic E-state index is 0.000365. The first-order chi connectivity index (χ1) is 9.63. The maximum absolute atomic E-state index is 13.9. The van der Waals surface area contributed by atoms with Gasteiger partial charge in [0.15, 0.2) is 5.82 Å². The fourth-order valence-corrected chi connectivity index (χ4v) is 1.92. The maximum Gasteiger partial charge on any atom is 0.239 e. The molecule has 0 amide bonds. The fraction of sp³-hybridized carbons (Fsp3) is 0.0769. The average molecular weight is 290 g/mol. The Morgan fingerprint density at radius 1 is 1.20 bits per heavy atom. The summed E-state index contributed by atoms with van der Waals surface area (Å²) in [6.07, 6.45) is 4.79. The molecule has 0 aliphatic rings. The van der Waals surface area contributed by atoms with Crippen LogP contribution >= 0.6 is 11.6 Å².